The zero-order chi connectivity index (χ0) is 15.7. The molecule has 0 saturated carbocycles. The fourth-order valence-electron chi connectivity index (χ4n) is 4.10. The molecule has 2 aliphatic rings. The number of benzene rings is 2. The normalized spacial score (nSPS) is 25.8. The highest BCUT2D eigenvalue weighted by Crippen LogP contribution is 2.44. The second-order valence-corrected chi connectivity index (χ2v) is 12.1. The highest BCUT2D eigenvalue weighted by molar-refractivity contribution is 7.29. The van der Waals surface area contributed by atoms with Gasteiger partial charge in [0.05, 0.1) is 15.1 Å². The molecule has 23 heavy (non-hydrogen) atoms. The molecule has 0 radical (unpaired) electrons. The Morgan fingerprint density at radius 2 is 1.65 bits per heavy atom. The fraction of sp³-hybridized carbons (Fsp3) is 0.368. The van der Waals surface area contributed by atoms with Crippen molar-refractivity contribution >= 4 is 27.4 Å². The highest BCUT2D eigenvalue weighted by Gasteiger charge is 2.44. The van der Waals surface area contributed by atoms with Crippen LogP contribution in [0.1, 0.15) is 12.8 Å². The van der Waals surface area contributed by atoms with Gasteiger partial charge in [-0.15, -0.1) is 0 Å². The van der Waals surface area contributed by atoms with E-state index in [0.29, 0.717) is 21.1 Å². The first-order valence-electron chi connectivity index (χ1n) is 8.56. The average molecular weight is 341 g/mol. The van der Waals surface area contributed by atoms with Crippen LogP contribution in [0, 0.1) is 0 Å². The van der Waals surface area contributed by atoms with Crippen LogP contribution in [0.2, 0.25) is 12.6 Å². The van der Waals surface area contributed by atoms with Crippen molar-refractivity contribution in [3.05, 3.63) is 60.7 Å². The van der Waals surface area contributed by atoms with E-state index in [0.717, 1.165) is 0 Å². The van der Waals surface area contributed by atoms with E-state index in [9.17, 15) is 0 Å². The maximum absolute atomic E-state index is 6.25. The molecule has 2 saturated heterocycles. The van der Waals surface area contributed by atoms with Crippen molar-refractivity contribution in [2.24, 2.45) is 0 Å². The topological polar surface area (TPSA) is 12.5 Å². The summed E-state index contributed by atoms with van der Waals surface area (Å²) in [6, 6.07) is 24.1. The molecular weight excluding hydrogens is 317 g/mol. The van der Waals surface area contributed by atoms with Crippen LogP contribution in [-0.2, 0) is 4.52 Å². The van der Waals surface area contributed by atoms with Gasteiger partial charge in [0.2, 0.25) is 0 Å². The molecule has 4 rings (SSSR count). The minimum absolute atomic E-state index is 0.410. The van der Waals surface area contributed by atoms with Crippen LogP contribution in [0.15, 0.2) is 60.7 Å². The standard InChI is InChI=1S/C19H24NOPSi/c1-23(16-9-4-2-5-10-16,17-11-6-3-7-12-17)15-19-18-13-8-14-20(18)22-21-19/h2-7,9-12,18-19,22H,8,13-15H2,1H3. The van der Waals surface area contributed by atoms with E-state index in [1.54, 1.807) is 0 Å². The van der Waals surface area contributed by atoms with E-state index in [4.69, 9.17) is 4.52 Å². The zero-order valence-corrected chi connectivity index (χ0v) is 15.6. The first kappa shape index (κ1) is 15.5. The molecule has 2 aromatic rings. The first-order chi connectivity index (χ1) is 11.3. The molecule has 3 unspecified atom stereocenters. The van der Waals surface area contributed by atoms with E-state index < -0.39 is 8.07 Å². The molecule has 2 nitrogen and oxygen atoms in total. The van der Waals surface area contributed by atoms with Crippen LogP contribution in [-0.4, -0.2) is 31.4 Å². The first-order valence-corrected chi connectivity index (χ1v) is 12.1. The Kier molecular flexibility index (Phi) is 4.38. The van der Waals surface area contributed by atoms with Crippen molar-refractivity contribution in [1.29, 1.82) is 0 Å². The Morgan fingerprint density at radius 3 is 2.26 bits per heavy atom. The quantitative estimate of drug-likeness (QED) is 0.625. The molecule has 0 aromatic heterocycles. The molecule has 0 aliphatic carbocycles. The number of rotatable bonds is 4. The predicted octanol–water partition coefficient (Wildman–Crippen LogP) is 3.25. The van der Waals surface area contributed by atoms with Gasteiger partial charge in [-0.3, -0.25) is 4.67 Å². The average Bonchev–Trinajstić information content (AvgIpc) is 3.21. The van der Waals surface area contributed by atoms with Gasteiger partial charge in [0.15, 0.2) is 0 Å². The van der Waals surface area contributed by atoms with E-state index in [1.165, 1.54) is 35.8 Å². The third-order valence-electron chi connectivity index (χ3n) is 5.48. The maximum Gasteiger partial charge on any atom is 0.117 e. The van der Waals surface area contributed by atoms with Crippen LogP contribution in [0.25, 0.3) is 0 Å². The second kappa shape index (κ2) is 6.49. The molecule has 0 N–H and O–H groups in total. The minimum atomic E-state index is -1.77. The van der Waals surface area contributed by atoms with Gasteiger partial charge in [0.1, 0.15) is 8.07 Å². The maximum atomic E-state index is 6.25. The van der Waals surface area contributed by atoms with Gasteiger partial charge in [0.25, 0.3) is 0 Å². The second-order valence-electron chi connectivity index (χ2n) is 6.92. The van der Waals surface area contributed by atoms with Gasteiger partial charge in [-0.25, -0.2) is 0 Å². The van der Waals surface area contributed by atoms with Crippen molar-refractivity contribution in [3.8, 4) is 0 Å². The third kappa shape index (κ3) is 2.92. The van der Waals surface area contributed by atoms with Gasteiger partial charge < -0.3 is 4.52 Å². The lowest BCUT2D eigenvalue weighted by Crippen LogP contribution is -2.58. The fourth-order valence-corrected chi connectivity index (χ4v) is 9.28. The van der Waals surface area contributed by atoms with E-state index >= 15 is 0 Å². The molecule has 0 amide bonds. The smallest absolute Gasteiger partial charge is 0.117 e. The summed E-state index contributed by atoms with van der Waals surface area (Å²) in [5, 5.41) is 3.05. The SMILES string of the molecule is C[Si](CC1OPN2CCCC12)(c1ccccc1)c1ccccc1. The Hall–Kier alpha value is -0.993. The summed E-state index contributed by atoms with van der Waals surface area (Å²) in [4.78, 5) is 0. The van der Waals surface area contributed by atoms with E-state index in [1.807, 2.05) is 0 Å². The molecule has 120 valence electrons. The zero-order valence-electron chi connectivity index (χ0n) is 13.6. The summed E-state index contributed by atoms with van der Waals surface area (Å²) < 4.78 is 8.81. The van der Waals surface area contributed by atoms with Gasteiger partial charge in [-0.2, -0.15) is 0 Å². The van der Waals surface area contributed by atoms with Crippen molar-refractivity contribution in [3.63, 3.8) is 0 Å². The lowest BCUT2D eigenvalue weighted by molar-refractivity contribution is 0.232. The Balaban J connectivity index is 1.69. The number of hydrogen-bond acceptors (Lipinski definition) is 2. The van der Waals surface area contributed by atoms with Gasteiger partial charge in [0, 0.05) is 12.6 Å². The van der Waals surface area contributed by atoms with Crippen LogP contribution < -0.4 is 10.4 Å². The Labute approximate surface area is 141 Å². The Bertz CT molecular complexity index is 611. The van der Waals surface area contributed by atoms with Crippen LogP contribution in [0.4, 0.5) is 0 Å². The number of fused-ring (bicyclic) bond motifs is 1. The molecule has 2 heterocycles. The summed E-state index contributed by atoms with van der Waals surface area (Å²) in [7, 11) is -1.19. The molecular formula is C19H24NOPSi. The van der Waals surface area contributed by atoms with Crippen molar-refractivity contribution in [2.75, 3.05) is 6.54 Å². The summed E-state index contributed by atoms with van der Waals surface area (Å²) in [6.07, 6.45) is 3.06. The van der Waals surface area contributed by atoms with Crippen molar-refractivity contribution in [1.82, 2.24) is 4.67 Å². The van der Waals surface area contributed by atoms with Crippen LogP contribution in [0.3, 0.4) is 0 Å². The molecule has 0 spiro atoms. The summed E-state index contributed by atoms with van der Waals surface area (Å²) >= 11 is 0. The van der Waals surface area contributed by atoms with E-state index in [2.05, 4.69) is 71.9 Å². The predicted molar refractivity (Wildman–Crippen MR) is 101 cm³/mol. The van der Waals surface area contributed by atoms with Crippen LogP contribution >= 0.6 is 8.96 Å². The highest BCUT2D eigenvalue weighted by atomic mass is 31.1. The van der Waals surface area contributed by atoms with Gasteiger partial charge in [-0.1, -0.05) is 77.6 Å². The van der Waals surface area contributed by atoms with Gasteiger partial charge >= 0.3 is 0 Å². The summed E-state index contributed by atoms with van der Waals surface area (Å²) in [5.74, 6) is 0. The van der Waals surface area contributed by atoms with Crippen molar-refractivity contribution < 1.29 is 4.52 Å². The molecule has 0 bridgehead atoms. The van der Waals surface area contributed by atoms with E-state index in [-0.39, 0.29) is 0 Å². The van der Waals surface area contributed by atoms with Gasteiger partial charge in [-0.05, 0) is 18.9 Å². The monoisotopic (exact) mass is 341 g/mol. The summed E-state index contributed by atoms with van der Waals surface area (Å²) in [5.41, 5.74) is 0. The molecule has 2 aliphatic heterocycles. The minimum Gasteiger partial charge on any atom is -0.342 e. The lowest BCUT2D eigenvalue weighted by Gasteiger charge is -2.32. The molecule has 4 heteroatoms. The van der Waals surface area contributed by atoms with Crippen LogP contribution in [0.5, 0.6) is 0 Å². The molecule has 2 fully saturated rings. The lowest BCUT2D eigenvalue weighted by atomic mass is 10.1. The number of nitrogens with zero attached hydrogens (tertiary/aromatic N) is 1. The summed E-state index contributed by atoms with van der Waals surface area (Å²) in [6.45, 7) is 3.75. The molecule has 3 atom stereocenters. The van der Waals surface area contributed by atoms with Crippen molar-refractivity contribution in [2.45, 2.75) is 37.6 Å². The number of hydrogen-bond donors (Lipinski definition) is 0. The largest absolute Gasteiger partial charge is 0.342 e. The Morgan fingerprint density at radius 1 is 1.04 bits per heavy atom. The third-order valence-corrected chi connectivity index (χ3v) is 11.1. The molecule has 2 aromatic carbocycles.